The first-order valence-electron chi connectivity index (χ1n) is 9.60. The number of allylic oxidation sites excluding steroid dienone is 1. The molecule has 144 valence electrons. The lowest BCUT2D eigenvalue weighted by Gasteiger charge is -2.18. The number of anilines is 1. The molecule has 0 amide bonds. The van der Waals surface area contributed by atoms with Crippen LogP contribution < -0.4 is 10.5 Å². The lowest BCUT2D eigenvalue weighted by Crippen LogP contribution is -2.03. The fourth-order valence-corrected chi connectivity index (χ4v) is 3.09. The summed E-state index contributed by atoms with van der Waals surface area (Å²) < 4.78 is 5.85. The van der Waals surface area contributed by atoms with Gasteiger partial charge in [0, 0.05) is 22.4 Å². The third-order valence-electron chi connectivity index (χ3n) is 4.37. The van der Waals surface area contributed by atoms with Crippen molar-refractivity contribution in [3.8, 4) is 11.5 Å². The molecule has 0 atom stereocenters. The van der Waals surface area contributed by atoms with Crippen LogP contribution in [0, 0.1) is 0 Å². The van der Waals surface area contributed by atoms with Crippen LogP contribution in [0.15, 0.2) is 36.4 Å². The smallest absolute Gasteiger partial charge is 0.185 e. The molecule has 2 aromatic rings. The third kappa shape index (κ3) is 5.13. The van der Waals surface area contributed by atoms with Gasteiger partial charge in [0.05, 0.1) is 6.61 Å². The van der Waals surface area contributed by atoms with Crippen molar-refractivity contribution in [1.82, 2.24) is 0 Å². The number of aryl methyl sites for hydroxylation is 1. The minimum atomic E-state index is -0.0976. The SMILES string of the molecule is CCCc1cc(C=CC(=O)c2ccc(N)cc2)c(OCC)c(CCC)c1O. The highest BCUT2D eigenvalue weighted by Crippen LogP contribution is 2.37. The number of rotatable bonds is 9. The van der Waals surface area contributed by atoms with Gasteiger partial charge in [0.15, 0.2) is 5.78 Å². The maximum Gasteiger partial charge on any atom is 0.185 e. The maximum absolute atomic E-state index is 12.5. The molecule has 2 aromatic carbocycles. The summed E-state index contributed by atoms with van der Waals surface area (Å²) in [6.07, 6.45) is 6.66. The lowest BCUT2D eigenvalue weighted by molar-refractivity contribution is 0.104. The molecule has 27 heavy (non-hydrogen) atoms. The van der Waals surface area contributed by atoms with Gasteiger partial charge in [-0.3, -0.25) is 4.79 Å². The van der Waals surface area contributed by atoms with Gasteiger partial charge in [-0.1, -0.05) is 26.7 Å². The van der Waals surface area contributed by atoms with Crippen LogP contribution in [-0.2, 0) is 12.8 Å². The Morgan fingerprint density at radius 1 is 1.11 bits per heavy atom. The van der Waals surface area contributed by atoms with Crippen molar-refractivity contribution in [2.24, 2.45) is 0 Å². The number of ether oxygens (including phenoxy) is 1. The van der Waals surface area contributed by atoms with Crippen LogP contribution in [0.1, 0.15) is 60.7 Å². The minimum Gasteiger partial charge on any atom is -0.507 e. The van der Waals surface area contributed by atoms with E-state index in [1.54, 1.807) is 36.4 Å². The fraction of sp³-hybridized carbons (Fsp3) is 0.348. The molecule has 0 saturated heterocycles. The average Bonchev–Trinajstić information content (AvgIpc) is 2.66. The van der Waals surface area contributed by atoms with Gasteiger partial charge in [0.2, 0.25) is 0 Å². The van der Waals surface area contributed by atoms with Crippen molar-refractivity contribution in [1.29, 1.82) is 0 Å². The van der Waals surface area contributed by atoms with Crippen LogP contribution in [0.5, 0.6) is 11.5 Å². The summed E-state index contributed by atoms with van der Waals surface area (Å²) in [6.45, 7) is 6.56. The molecule has 2 rings (SSSR count). The maximum atomic E-state index is 12.5. The van der Waals surface area contributed by atoms with E-state index >= 15 is 0 Å². The molecule has 3 N–H and O–H groups in total. The zero-order chi connectivity index (χ0) is 19.8. The summed E-state index contributed by atoms with van der Waals surface area (Å²) in [5.74, 6) is 0.891. The highest BCUT2D eigenvalue weighted by atomic mass is 16.5. The van der Waals surface area contributed by atoms with Crippen LogP contribution in [0.3, 0.4) is 0 Å². The van der Waals surface area contributed by atoms with Gasteiger partial charge in [-0.15, -0.1) is 0 Å². The number of ketones is 1. The Hall–Kier alpha value is -2.75. The first kappa shape index (κ1) is 20.6. The summed E-state index contributed by atoms with van der Waals surface area (Å²) >= 11 is 0. The van der Waals surface area contributed by atoms with Gasteiger partial charge in [0.25, 0.3) is 0 Å². The van der Waals surface area contributed by atoms with Crippen LogP contribution >= 0.6 is 0 Å². The highest BCUT2D eigenvalue weighted by Gasteiger charge is 2.17. The lowest BCUT2D eigenvalue weighted by atomic mass is 9.96. The molecular formula is C23H29NO3. The Kier molecular flexibility index (Phi) is 7.47. The molecule has 0 aliphatic heterocycles. The average molecular weight is 367 g/mol. The Bertz CT molecular complexity index is 807. The number of nitrogen functional groups attached to an aromatic ring is 1. The predicted molar refractivity (Wildman–Crippen MR) is 111 cm³/mol. The van der Waals surface area contributed by atoms with Crippen molar-refractivity contribution in [2.45, 2.75) is 46.5 Å². The van der Waals surface area contributed by atoms with Gasteiger partial charge in [-0.25, -0.2) is 0 Å². The number of carbonyl (C=O) groups is 1. The first-order chi connectivity index (χ1) is 13.0. The largest absolute Gasteiger partial charge is 0.507 e. The third-order valence-corrected chi connectivity index (χ3v) is 4.37. The van der Waals surface area contributed by atoms with E-state index in [2.05, 4.69) is 13.8 Å². The number of hydrogen-bond acceptors (Lipinski definition) is 4. The van der Waals surface area contributed by atoms with Crippen LogP contribution in [0.25, 0.3) is 6.08 Å². The second-order valence-electron chi connectivity index (χ2n) is 6.53. The number of phenols is 1. The van der Waals surface area contributed by atoms with E-state index in [1.807, 2.05) is 13.0 Å². The van der Waals surface area contributed by atoms with Gasteiger partial charge in [0.1, 0.15) is 11.5 Å². The van der Waals surface area contributed by atoms with Gasteiger partial charge < -0.3 is 15.6 Å². The minimum absolute atomic E-state index is 0.0976. The van der Waals surface area contributed by atoms with Crippen molar-refractivity contribution in [3.63, 3.8) is 0 Å². The van der Waals surface area contributed by atoms with Gasteiger partial charge in [-0.05, 0) is 67.8 Å². The summed E-state index contributed by atoms with van der Waals surface area (Å²) in [6, 6.07) is 8.79. The van der Waals surface area contributed by atoms with E-state index in [1.165, 1.54) is 0 Å². The summed E-state index contributed by atoms with van der Waals surface area (Å²) in [7, 11) is 0. The zero-order valence-electron chi connectivity index (χ0n) is 16.4. The van der Waals surface area contributed by atoms with Crippen molar-refractivity contribution in [2.75, 3.05) is 12.3 Å². The van der Waals surface area contributed by atoms with E-state index in [0.29, 0.717) is 29.4 Å². The van der Waals surface area contributed by atoms with Crippen molar-refractivity contribution < 1.29 is 14.6 Å². The van der Waals surface area contributed by atoms with Crippen molar-refractivity contribution in [3.05, 3.63) is 58.7 Å². The molecule has 0 saturated carbocycles. The quantitative estimate of drug-likeness (QED) is 0.364. The van der Waals surface area contributed by atoms with Crippen LogP contribution in [0.4, 0.5) is 5.69 Å². The van der Waals surface area contributed by atoms with E-state index in [4.69, 9.17) is 10.5 Å². The highest BCUT2D eigenvalue weighted by molar-refractivity contribution is 6.07. The summed E-state index contributed by atoms with van der Waals surface area (Å²) in [5, 5.41) is 10.7. The molecule has 4 nitrogen and oxygen atoms in total. The topological polar surface area (TPSA) is 72.6 Å². The molecule has 0 bridgehead atoms. The van der Waals surface area contributed by atoms with Crippen molar-refractivity contribution >= 4 is 17.5 Å². The molecule has 0 aliphatic rings. The number of benzene rings is 2. The zero-order valence-corrected chi connectivity index (χ0v) is 16.4. The van der Waals surface area contributed by atoms with E-state index in [9.17, 15) is 9.90 Å². The Balaban J connectivity index is 2.45. The standard InChI is InChI=1S/C23H29NO3/c1-4-7-17-15-18(23(27-6-3)20(8-5-2)22(17)26)11-14-21(25)16-9-12-19(24)13-10-16/h9-15,26H,4-8,24H2,1-3H3. The summed E-state index contributed by atoms with van der Waals surface area (Å²) in [5.41, 5.74) is 9.43. The van der Waals surface area contributed by atoms with Gasteiger partial charge in [-0.2, -0.15) is 0 Å². The molecule has 4 heteroatoms. The predicted octanol–water partition coefficient (Wildman–Crippen LogP) is 5.17. The molecule has 0 spiro atoms. The Morgan fingerprint density at radius 3 is 2.37 bits per heavy atom. The Labute approximate surface area is 161 Å². The number of nitrogens with two attached hydrogens (primary N) is 1. The molecular weight excluding hydrogens is 338 g/mol. The molecule has 0 fully saturated rings. The number of phenolic OH excluding ortho intramolecular Hbond substituents is 1. The molecule has 0 unspecified atom stereocenters. The second kappa shape index (κ2) is 9.81. The van der Waals surface area contributed by atoms with E-state index < -0.39 is 0 Å². The monoisotopic (exact) mass is 367 g/mol. The van der Waals surface area contributed by atoms with E-state index in [-0.39, 0.29) is 5.78 Å². The number of aromatic hydroxyl groups is 1. The molecule has 0 radical (unpaired) electrons. The second-order valence-corrected chi connectivity index (χ2v) is 6.53. The van der Waals surface area contributed by atoms with Gasteiger partial charge >= 0.3 is 0 Å². The normalized spacial score (nSPS) is 11.1. The van der Waals surface area contributed by atoms with Crippen LogP contribution in [-0.4, -0.2) is 17.5 Å². The fourth-order valence-electron chi connectivity index (χ4n) is 3.09. The first-order valence-corrected chi connectivity index (χ1v) is 9.60. The molecule has 0 aliphatic carbocycles. The summed E-state index contributed by atoms with van der Waals surface area (Å²) in [4.78, 5) is 12.5. The Morgan fingerprint density at radius 2 is 1.78 bits per heavy atom. The number of carbonyl (C=O) groups excluding carboxylic acids is 1. The molecule has 0 aromatic heterocycles. The van der Waals surface area contributed by atoms with Crippen LogP contribution in [0.2, 0.25) is 0 Å². The molecule has 0 heterocycles. The number of hydrogen-bond donors (Lipinski definition) is 2. The van der Waals surface area contributed by atoms with E-state index in [0.717, 1.165) is 42.4 Å².